The average Bonchev–Trinajstić information content (AvgIpc) is 3.15. The van der Waals surface area contributed by atoms with Gasteiger partial charge in [0.15, 0.2) is 0 Å². The van der Waals surface area contributed by atoms with Gasteiger partial charge in [0.2, 0.25) is 0 Å². The van der Waals surface area contributed by atoms with Gasteiger partial charge < -0.3 is 10.8 Å². The van der Waals surface area contributed by atoms with E-state index < -0.39 is 11.8 Å². The summed E-state index contributed by atoms with van der Waals surface area (Å²) in [6.45, 7) is 0. The van der Waals surface area contributed by atoms with Gasteiger partial charge in [0.05, 0.1) is 17.0 Å². The van der Waals surface area contributed by atoms with E-state index in [1.165, 1.54) is 24.4 Å². The fraction of sp³-hybridized carbons (Fsp3) is 0.214. The number of aromatic carboxylic acids is 1. The second kappa shape index (κ2) is 4.64. The van der Waals surface area contributed by atoms with Gasteiger partial charge in [0.25, 0.3) is 0 Å². The molecule has 2 unspecified atom stereocenters. The lowest BCUT2D eigenvalue weighted by Gasteiger charge is -2.07. The summed E-state index contributed by atoms with van der Waals surface area (Å²) in [5, 5.41) is 8.83. The van der Waals surface area contributed by atoms with Crippen LogP contribution in [0.5, 0.6) is 0 Å². The summed E-state index contributed by atoms with van der Waals surface area (Å²) in [4.78, 5) is 19.3. The zero-order valence-electron chi connectivity index (χ0n) is 10.5. The molecule has 1 aliphatic rings. The monoisotopic (exact) mass is 273 g/mol. The zero-order valence-corrected chi connectivity index (χ0v) is 10.5. The molecule has 1 heterocycles. The number of hydrogen-bond acceptors (Lipinski definition) is 4. The van der Waals surface area contributed by atoms with Gasteiger partial charge in [-0.15, -0.1) is 0 Å². The highest BCUT2D eigenvalue weighted by Crippen LogP contribution is 2.41. The van der Waals surface area contributed by atoms with Gasteiger partial charge >= 0.3 is 5.97 Å². The molecule has 0 amide bonds. The molecule has 0 bridgehead atoms. The molecule has 1 aromatic heterocycles. The highest BCUT2D eigenvalue weighted by molar-refractivity contribution is 5.88. The molecule has 3 N–H and O–H groups in total. The van der Waals surface area contributed by atoms with Crippen LogP contribution in [0.1, 0.15) is 28.4 Å². The Bertz CT molecular complexity index is 690. The minimum atomic E-state index is -1.29. The van der Waals surface area contributed by atoms with Crippen molar-refractivity contribution in [3.63, 3.8) is 0 Å². The molecule has 0 aliphatic heterocycles. The minimum Gasteiger partial charge on any atom is -0.478 e. The van der Waals surface area contributed by atoms with Gasteiger partial charge in [-0.1, -0.05) is 6.07 Å². The molecule has 1 saturated carbocycles. The molecule has 20 heavy (non-hydrogen) atoms. The summed E-state index contributed by atoms with van der Waals surface area (Å²) < 4.78 is 13.8. The molecule has 0 saturated heterocycles. The van der Waals surface area contributed by atoms with Crippen molar-refractivity contribution in [2.24, 2.45) is 5.73 Å². The van der Waals surface area contributed by atoms with Gasteiger partial charge in [0.1, 0.15) is 5.82 Å². The molecule has 1 aliphatic carbocycles. The van der Waals surface area contributed by atoms with Gasteiger partial charge in [-0.05, 0) is 18.6 Å². The van der Waals surface area contributed by atoms with Gasteiger partial charge in [-0.2, -0.15) is 0 Å². The Balaban J connectivity index is 2.06. The summed E-state index contributed by atoms with van der Waals surface area (Å²) in [5.41, 5.74) is 7.26. The van der Waals surface area contributed by atoms with Crippen molar-refractivity contribution >= 4 is 5.97 Å². The fourth-order valence-corrected chi connectivity index (χ4v) is 2.21. The first-order valence-electron chi connectivity index (χ1n) is 6.17. The molecule has 3 rings (SSSR count). The van der Waals surface area contributed by atoms with E-state index in [9.17, 15) is 9.18 Å². The topological polar surface area (TPSA) is 89.1 Å². The third-order valence-corrected chi connectivity index (χ3v) is 3.39. The van der Waals surface area contributed by atoms with E-state index in [2.05, 4.69) is 9.97 Å². The molecule has 2 aromatic rings. The molecule has 6 heteroatoms. The zero-order chi connectivity index (χ0) is 14.3. The highest BCUT2D eigenvalue weighted by Gasteiger charge is 2.38. The van der Waals surface area contributed by atoms with Crippen molar-refractivity contribution in [2.75, 3.05) is 0 Å². The summed E-state index contributed by atoms with van der Waals surface area (Å²) >= 11 is 0. The number of nitrogens with two attached hydrogens (primary N) is 1. The third-order valence-electron chi connectivity index (χ3n) is 3.39. The van der Waals surface area contributed by atoms with E-state index in [-0.39, 0.29) is 17.5 Å². The van der Waals surface area contributed by atoms with Gasteiger partial charge in [0, 0.05) is 29.9 Å². The lowest BCUT2D eigenvalue weighted by atomic mass is 10.0. The van der Waals surface area contributed by atoms with E-state index in [0.717, 1.165) is 12.1 Å². The average molecular weight is 273 g/mol. The predicted octanol–water partition coefficient (Wildman–Crippen LogP) is 1.80. The van der Waals surface area contributed by atoms with Gasteiger partial charge in [-0.3, -0.25) is 9.97 Å². The Morgan fingerprint density at radius 2 is 2.05 bits per heavy atom. The van der Waals surface area contributed by atoms with Crippen molar-refractivity contribution in [3.8, 4) is 11.3 Å². The van der Waals surface area contributed by atoms with Crippen LogP contribution in [0, 0.1) is 5.82 Å². The van der Waals surface area contributed by atoms with E-state index in [0.29, 0.717) is 11.3 Å². The SMILES string of the molecule is NC1CC1c1nccnc1-c1ccc(C(=O)O)c(F)c1. The smallest absolute Gasteiger partial charge is 0.338 e. The maximum absolute atomic E-state index is 13.8. The van der Waals surface area contributed by atoms with Crippen LogP contribution >= 0.6 is 0 Å². The number of carboxylic acids is 1. The quantitative estimate of drug-likeness (QED) is 0.890. The lowest BCUT2D eigenvalue weighted by molar-refractivity contribution is 0.0692. The Morgan fingerprint density at radius 3 is 2.65 bits per heavy atom. The first-order chi connectivity index (χ1) is 9.58. The largest absolute Gasteiger partial charge is 0.478 e. The fourth-order valence-electron chi connectivity index (χ4n) is 2.21. The van der Waals surface area contributed by atoms with Crippen molar-refractivity contribution in [2.45, 2.75) is 18.4 Å². The van der Waals surface area contributed by atoms with Crippen molar-refractivity contribution in [3.05, 3.63) is 47.7 Å². The predicted molar refractivity (Wildman–Crippen MR) is 69.7 cm³/mol. The van der Waals surface area contributed by atoms with Crippen LogP contribution in [0.3, 0.4) is 0 Å². The minimum absolute atomic E-state index is 0.0635. The maximum atomic E-state index is 13.8. The van der Waals surface area contributed by atoms with Crippen LogP contribution in [0.15, 0.2) is 30.6 Å². The van der Waals surface area contributed by atoms with Crippen molar-refractivity contribution < 1.29 is 14.3 Å². The summed E-state index contributed by atoms with van der Waals surface area (Å²) in [7, 11) is 0. The normalized spacial score (nSPS) is 20.7. The van der Waals surface area contributed by atoms with Crippen LogP contribution < -0.4 is 5.73 Å². The molecule has 2 atom stereocenters. The number of benzene rings is 1. The van der Waals surface area contributed by atoms with Crippen molar-refractivity contribution in [1.29, 1.82) is 0 Å². The Morgan fingerprint density at radius 1 is 1.35 bits per heavy atom. The van der Waals surface area contributed by atoms with Crippen LogP contribution in [0.2, 0.25) is 0 Å². The summed E-state index contributed by atoms with van der Waals surface area (Å²) in [6, 6.07) is 4.01. The number of nitrogens with zero attached hydrogens (tertiary/aromatic N) is 2. The second-order valence-electron chi connectivity index (χ2n) is 4.80. The molecule has 1 fully saturated rings. The number of halogens is 1. The number of aromatic nitrogens is 2. The molecule has 1 aromatic carbocycles. The number of carboxylic acid groups (broad SMARTS) is 1. The van der Waals surface area contributed by atoms with E-state index in [4.69, 9.17) is 10.8 Å². The summed E-state index contributed by atoms with van der Waals surface area (Å²) in [5.74, 6) is -1.94. The standard InChI is InChI=1S/C14H12FN3O2/c15-10-5-7(1-2-8(10)14(19)20)12-13(9-6-11(9)16)18-4-3-17-12/h1-5,9,11H,6,16H2,(H,19,20). The first kappa shape index (κ1) is 12.7. The van der Waals surface area contributed by atoms with E-state index in [1.807, 2.05) is 0 Å². The maximum Gasteiger partial charge on any atom is 0.338 e. The van der Waals surface area contributed by atoms with E-state index >= 15 is 0 Å². The molecule has 0 spiro atoms. The number of hydrogen-bond donors (Lipinski definition) is 2. The number of rotatable bonds is 3. The molecule has 5 nitrogen and oxygen atoms in total. The highest BCUT2D eigenvalue weighted by atomic mass is 19.1. The Labute approximate surface area is 114 Å². The Kier molecular flexibility index (Phi) is 2.94. The van der Waals surface area contributed by atoms with Crippen LogP contribution in [0.25, 0.3) is 11.3 Å². The van der Waals surface area contributed by atoms with E-state index in [1.54, 1.807) is 6.20 Å². The van der Waals surface area contributed by atoms with Crippen molar-refractivity contribution in [1.82, 2.24) is 9.97 Å². The second-order valence-corrected chi connectivity index (χ2v) is 4.80. The molecule has 102 valence electrons. The lowest BCUT2D eigenvalue weighted by Crippen LogP contribution is -2.05. The molecule has 0 radical (unpaired) electrons. The van der Waals surface area contributed by atoms with Gasteiger partial charge in [-0.25, -0.2) is 9.18 Å². The molecular formula is C14H12FN3O2. The number of carbonyl (C=O) groups is 1. The third kappa shape index (κ3) is 2.14. The Hall–Kier alpha value is -2.34. The molecular weight excluding hydrogens is 261 g/mol. The van der Waals surface area contributed by atoms with Crippen LogP contribution in [-0.2, 0) is 0 Å². The first-order valence-corrected chi connectivity index (χ1v) is 6.17. The van der Waals surface area contributed by atoms with Crippen LogP contribution in [0.4, 0.5) is 4.39 Å². The van der Waals surface area contributed by atoms with Crippen LogP contribution in [-0.4, -0.2) is 27.1 Å². The summed E-state index contributed by atoms with van der Waals surface area (Å²) in [6.07, 6.45) is 3.93.